The highest BCUT2D eigenvalue weighted by Gasteiger charge is 2.39. The van der Waals surface area contributed by atoms with Gasteiger partial charge in [-0.1, -0.05) is 12.1 Å². The van der Waals surface area contributed by atoms with Crippen LogP contribution in [0.5, 0.6) is 0 Å². The van der Waals surface area contributed by atoms with Gasteiger partial charge in [-0.15, -0.1) is 11.3 Å². The van der Waals surface area contributed by atoms with Crippen LogP contribution < -0.4 is 10.2 Å². The Labute approximate surface area is 164 Å². The Balaban J connectivity index is 1.77. The molecule has 27 heavy (non-hydrogen) atoms. The number of benzene rings is 1. The number of thiophene rings is 1. The van der Waals surface area contributed by atoms with Gasteiger partial charge in [0.25, 0.3) is 10.0 Å². The lowest BCUT2D eigenvalue weighted by Crippen LogP contribution is -2.42. The van der Waals surface area contributed by atoms with E-state index in [1.807, 2.05) is 31.3 Å². The summed E-state index contributed by atoms with van der Waals surface area (Å²) < 4.78 is 27.3. The molecule has 0 radical (unpaired) electrons. The number of carbonyl (C=O) groups is 1. The fraction of sp³-hybridized carbons (Fsp3) is 0.421. The van der Waals surface area contributed by atoms with E-state index in [0.29, 0.717) is 31.1 Å². The van der Waals surface area contributed by atoms with Crippen molar-refractivity contribution in [2.45, 2.75) is 43.0 Å². The van der Waals surface area contributed by atoms with E-state index in [9.17, 15) is 13.2 Å². The number of sulfonamides is 1. The van der Waals surface area contributed by atoms with Gasteiger partial charge in [0.1, 0.15) is 10.3 Å². The van der Waals surface area contributed by atoms with Crippen molar-refractivity contribution in [3.63, 3.8) is 0 Å². The van der Waals surface area contributed by atoms with Gasteiger partial charge in [0.05, 0.1) is 0 Å². The zero-order valence-corrected chi connectivity index (χ0v) is 17.4. The third-order valence-corrected chi connectivity index (χ3v) is 8.14. The van der Waals surface area contributed by atoms with Crippen LogP contribution in [0.4, 0.5) is 11.4 Å². The van der Waals surface area contributed by atoms with Gasteiger partial charge in [-0.25, -0.2) is 8.42 Å². The summed E-state index contributed by atoms with van der Waals surface area (Å²) in [5.41, 5.74) is 1.67. The molecule has 0 bridgehead atoms. The highest BCUT2D eigenvalue weighted by atomic mass is 32.2. The van der Waals surface area contributed by atoms with Crippen LogP contribution in [0.2, 0.25) is 0 Å². The first-order valence-electron chi connectivity index (χ1n) is 9.00. The summed E-state index contributed by atoms with van der Waals surface area (Å²) in [4.78, 5) is 14.9. The summed E-state index contributed by atoms with van der Waals surface area (Å²) >= 11 is 1.18. The molecule has 1 unspecified atom stereocenters. The lowest BCUT2D eigenvalue weighted by Gasteiger charge is -2.25. The minimum absolute atomic E-state index is 0.280. The second kappa shape index (κ2) is 8.00. The first-order chi connectivity index (χ1) is 12.8. The number of amides is 1. The average molecular weight is 408 g/mol. The van der Waals surface area contributed by atoms with E-state index >= 15 is 0 Å². The van der Waals surface area contributed by atoms with Crippen LogP contribution in [0.1, 0.15) is 26.7 Å². The molecule has 1 saturated heterocycles. The maximum absolute atomic E-state index is 12.8. The molecule has 1 fully saturated rings. The van der Waals surface area contributed by atoms with E-state index in [1.54, 1.807) is 17.5 Å². The zero-order chi connectivity index (χ0) is 19.6. The molecular formula is C19H25N3O3S2. The van der Waals surface area contributed by atoms with Gasteiger partial charge < -0.3 is 10.2 Å². The SMILES string of the molecule is CC(C)N(C)c1cccc(NC(=O)C2CCCN2S(=O)(=O)c2cccs2)c1. The Bertz CT molecular complexity index is 895. The largest absolute Gasteiger partial charge is 0.372 e. The van der Waals surface area contributed by atoms with Gasteiger partial charge in [-0.2, -0.15) is 4.31 Å². The molecule has 146 valence electrons. The molecule has 1 aromatic carbocycles. The molecule has 0 spiro atoms. The second-order valence-electron chi connectivity index (χ2n) is 6.95. The first kappa shape index (κ1) is 19.9. The number of hydrogen-bond acceptors (Lipinski definition) is 5. The van der Waals surface area contributed by atoms with E-state index < -0.39 is 16.1 Å². The Morgan fingerprint density at radius 1 is 1.30 bits per heavy atom. The van der Waals surface area contributed by atoms with Gasteiger partial charge in [-0.05, 0) is 56.3 Å². The summed E-state index contributed by atoms with van der Waals surface area (Å²) in [7, 11) is -1.63. The molecule has 1 aliphatic heterocycles. The predicted molar refractivity (Wildman–Crippen MR) is 110 cm³/mol. The minimum Gasteiger partial charge on any atom is -0.372 e. The van der Waals surface area contributed by atoms with Crippen LogP contribution >= 0.6 is 11.3 Å². The normalized spacial score (nSPS) is 18.0. The van der Waals surface area contributed by atoms with E-state index in [-0.39, 0.29) is 10.1 Å². The van der Waals surface area contributed by atoms with Gasteiger partial charge in [-0.3, -0.25) is 4.79 Å². The maximum Gasteiger partial charge on any atom is 0.253 e. The monoisotopic (exact) mass is 407 g/mol. The van der Waals surface area contributed by atoms with Crippen molar-refractivity contribution >= 4 is 38.6 Å². The maximum atomic E-state index is 12.8. The van der Waals surface area contributed by atoms with Crippen molar-refractivity contribution in [2.75, 3.05) is 23.8 Å². The van der Waals surface area contributed by atoms with Crippen LogP contribution in [-0.4, -0.2) is 44.3 Å². The van der Waals surface area contributed by atoms with Crippen molar-refractivity contribution < 1.29 is 13.2 Å². The van der Waals surface area contributed by atoms with Crippen LogP contribution in [0.3, 0.4) is 0 Å². The zero-order valence-electron chi connectivity index (χ0n) is 15.8. The highest BCUT2D eigenvalue weighted by molar-refractivity contribution is 7.91. The standard InChI is InChI=1S/C19H25N3O3S2/c1-14(2)21(3)16-8-4-7-15(13-16)20-19(23)17-9-5-11-22(17)27(24,25)18-10-6-12-26-18/h4,6-8,10,12-14,17H,5,9,11H2,1-3H3,(H,20,23). The van der Waals surface area contributed by atoms with Gasteiger partial charge in [0, 0.05) is 31.0 Å². The topological polar surface area (TPSA) is 69.7 Å². The summed E-state index contributed by atoms with van der Waals surface area (Å²) in [6, 6.07) is 10.5. The number of carbonyl (C=O) groups excluding carboxylic acids is 1. The minimum atomic E-state index is -3.63. The number of nitrogens with zero attached hydrogens (tertiary/aromatic N) is 2. The second-order valence-corrected chi connectivity index (χ2v) is 10.0. The Hall–Kier alpha value is -1.90. The molecule has 6 nitrogen and oxygen atoms in total. The summed E-state index contributed by atoms with van der Waals surface area (Å²) in [6.45, 7) is 4.56. The molecule has 1 atom stereocenters. The average Bonchev–Trinajstić information content (AvgIpc) is 3.33. The van der Waals surface area contributed by atoms with Gasteiger partial charge in [0.2, 0.25) is 5.91 Å². The van der Waals surface area contributed by atoms with Crippen molar-refractivity contribution in [2.24, 2.45) is 0 Å². The molecule has 2 aromatic rings. The van der Waals surface area contributed by atoms with Crippen LogP contribution in [0.15, 0.2) is 46.0 Å². The Morgan fingerprint density at radius 3 is 2.74 bits per heavy atom. The van der Waals surface area contributed by atoms with Crippen molar-refractivity contribution in [3.8, 4) is 0 Å². The van der Waals surface area contributed by atoms with Crippen molar-refractivity contribution in [3.05, 3.63) is 41.8 Å². The Kier molecular flexibility index (Phi) is 5.88. The molecule has 1 aromatic heterocycles. The molecule has 8 heteroatoms. The van der Waals surface area contributed by atoms with Crippen LogP contribution in [0.25, 0.3) is 0 Å². The first-order valence-corrected chi connectivity index (χ1v) is 11.3. The molecule has 3 rings (SSSR count). The predicted octanol–water partition coefficient (Wildman–Crippen LogP) is 3.38. The molecule has 0 saturated carbocycles. The van der Waals surface area contributed by atoms with E-state index in [2.05, 4.69) is 24.1 Å². The smallest absolute Gasteiger partial charge is 0.253 e. The van der Waals surface area contributed by atoms with Crippen molar-refractivity contribution in [1.82, 2.24) is 4.31 Å². The van der Waals surface area contributed by atoms with Crippen molar-refractivity contribution in [1.29, 1.82) is 0 Å². The number of anilines is 2. The number of nitrogens with one attached hydrogen (secondary N) is 1. The Morgan fingerprint density at radius 2 is 2.07 bits per heavy atom. The van der Waals surface area contributed by atoms with Crippen LogP contribution in [-0.2, 0) is 14.8 Å². The van der Waals surface area contributed by atoms with Gasteiger partial charge >= 0.3 is 0 Å². The fourth-order valence-corrected chi connectivity index (χ4v) is 5.92. The third-order valence-electron chi connectivity index (χ3n) is 4.86. The molecular weight excluding hydrogens is 382 g/mol. The molecule has 1 N–H and O–H groups in total. The van der Waals surface area contributed by atoms with E-state index in [0.717, 1.165) is 5.69 Å². The molecule has 1 aliphatic rings. The fourth-order valence-electron chi connectivity index (χ4n) is 3.14. The highest BCUT2D eigenvalue weighted by Crippen LogP contribution is 2.29. The van der Waals surface area contributed by atoms with E-state index in [4.69, 9.17) is 0 Å². The lowest BCUT2D eigenvalue weighted by atomic mass is 10.2. The number of hydrogen-bond donors (Lipinski definition) is 1. The summed E-state index contributed by atoms with van der Waals surface area (Å²) in [5.74, 6) is -0.281. The third kappa shape index (κ3) is 4.17. The quantitative estimate of drug-likeness (QED) is 0.797. The van der Waals surface area contributed by atoms with E-state index in [1.165, 1.54) is 15.6 Å². The lowest BCUT2D eigenvalue weighted by molar-refractivity contribution is -0.119. The molecule has 1 amide bonds. The van der Waals surface area contributed by atoms with Gasteiger partial charge in [0.15, 0.2) is 0 Å². The summed E-state index contributed by atoms with van der Waals surface area (Å²) in [6.07, 6.45) is 1.21. The summed E-state index contributed by atoms with van der Waals surface area (Å²) in [5, 5.41) is 4.63. The molecule has 0 aliphatic carbocycles. The van der Waals surface area contributed by atoms with Crippen LogP contribution in [0, 0.1) is 0 Å². The number of rotatable bonds is 6. The molecule has 2 heterocycles.